The fourth-order valence-corrected chi connectivity index (χ4v) is 3.00. The van der Waals surface area contributed by atoms with Crippen molar-refractivity contribution >= 4 is 17.5 Å². The molecule has 138 valence electrons. The Labute approximate surface area is 159 Å². The van der Waals surface area contributed by atoms with Crippen LogP contribution in [0.3, 0.4) is 0 Å². The van der Waals surface area contributed by atoms with Gasteiger partial charge in [-0.2, -0.15) is 5.10 Å². The number of benzene rings is 2. The molecule has 2 amide bonds. The Hall–Kier alpha value is -3.21. The topological polar surface area (TPSA) is 53.0 Å². The molecule has 2 aromatic carbocycles. The van der Waals surface area contributed by atoms with Gasteiger partial charge in [-0.25, -0.2) is 5.01 Å². The number of carbonyl (C=O) groups excluding carboxylic acids is 2. The zero-order chi connectivity index (χ0) is 19.1. The van der Waals surface area contributed by atoms with E-state index in [0.717, 1.165) is 11.1 Å². The lowest BCUT2D eigenvalue weighted by atomic mass is 10.1. The predicted octanol–water partition coefficient (Wildman–Crippen LogP) is 3.38. The highest BCUT2D eigenvalue weighted by molar-refractivity contribution is 6.39. The summed E-state index contributed by atoms with van der Waals surface area (Å²) in [4.78, 5) is 26.9. The minimum Gasteiger partial charge on any atom is -0.330 e. The molecule has 1 heterocycles. The van der Waals surface area contributed by atoms with Crippen molar-refractivity contribution in [2.75, 3.05) is 6.54 Å². The number of hydrogen-bond acceptors (Lipinski definition) is 3. The van der Waals surface area contributed by atoms with Crippen LogP contribution in [0.5, 0.6) is 0 Å². The van der Waals surface area contributed by atoms with Gasteiger partial charge in [-0.05, 0) is 11.1 Å². The fraction of sp³-hybridized carbons (Fsp3) is 0.227. The van der Waals surface area contributed by atoms with Crippen LogP contribution in [0.1, 0.15) is 24.0 Å². The second kappa shape index (κ2) is 8.94. The van der Waals surface area contributed by atoms with E-state index in [1.165, 1.54) is 5.01 Å². The van der Waals surface area contributed by atoms with Gasteiger partial charge in [0.25, 0.3) is 5.91 Å². The first-order valence-electron chi connectivity index (χ1n) is 9.03. The average molecular weight is 361 g/mol. The van der Waals surface area contributed by atoms with Gasteiger partial charge in [0.15, 0.2) is 0 Å². The lowest BCUT2D eigenvalue weighted by Gasteiger charge is -2.27. The van der Waals surface area contributed by atoms with Crippen LogP contribution in [0.2, 0.25) is 0 Å². The summed E-state index contributed by atoms with van der Waals surface area (Å²) in [5, 5.41) is 5.78. The van der Waals surface area contributed by atoms with Gasteiger partial charge >= 0.3 is 0 Å². The SMILES string of the molecule is C=CCN(Cc1ccccc1)C(=O)C1=NN(Cc2ccccc2)C(=O)CC1. The third-order valence-electron chi connectivity index (χ3n) is 4.38. The van der Waals surface area contributed by atoms with E-state index in [0.29, 0.717) is 38.2 Å². The van der Waals surface area contributed by atoms with Gasteiger partial charge in [0.1, 0.15) is 5.71 Å². The van der Waals surface area contributed by atoms with Crippen molar-refractivity contribution < 1.29 is 9.59 Å². The normalized spacial score (nSPS) is 13.9. The summed E-state index contributed by atoms with van der Waals surface area (Å²) in [7, 11) is 0. The molecule has 5 heteroatoms. The first-order chi connectivity index (χ1) is 13.2. The summed E-state index contributed by atoms with van der Waals surface area (Å²) in [6.45, 7) is 5.04. The van der Waals surface area contributed by atoms with Crippen LogP contribution in [0.4, 0.5) is 0 Å². The number of carbonyl (C=O) groups is 2. The first kappa shape index (κ1) is 18.6. The summed E-state index contributed by atoms with van der Waals surface area (Å²) in [5.74, 6) is -0.210. The van der Waals surface area contributed by atoms with Crippen LogP contribution in [0, 0.1) is 0 Å². The largest absolute Gasteiger partial charge is 0.330 e. The van der Waals surface area contributed by atoms with Crippen molar-refractivity contribution in [1.82, 2.24) is 9.91 Å². The molecule has 0 N–H and O–H groups in total. The molecule has 1 aliphatic heterocycles. The number of hydrazone groups is 1. The van der Waals surface area contributed by atoms with E-state index in [1.54, 1.807) is 11.0 Å². The molecular formula is C22H23N3O2. The van der Waals surface area contributed by atoms with Crippen LogP contribution in [-0.2, 0) is 22.7 Å². The maximum Gasteiger partial charge on any atom is 0.270 e. The zero-order valence-corrected chi connectivity index (χ0v) is 15.3. The van der Waals surface area contributed by atoms with E-state index in [4.69, 9.17) is 0 Å². The second-order valence-electron chi connectivity index (χ2n) is 6.44. The Bertz CT molecular complexity index is 831. The standard InChI is InChI=1S/C22H23N3O2/c1-2-15-24(16-18-9-5-3-6-10-18)22(27)20-13-14-21(26)25(23-20)17-19-11-7-4-8-12-19/h2-12H,1,13-17H2. The third-order valence-corrected chi connectivity index (χ3v) is 4.38. The van der Waals surface area contributed by atoms with Crippen LogP contribution >= 0.6 is 0 Å². The van der Waals surface area contributed by atoms with Gasteiger partial charge in [0.05, 0.1) is 6.54 Å². The van der Waals surface area contributed by atoms with Gasteiger partial charge in [-0.15, -0.1) is 6.58 Å². The summed E-state index contributed by atoms with van der Waals surface area (Å²) in [5.41, 5.74) is 2.44. The summed E-state index contributed by atoms with van der Waals surface area (Å²) in [6.07, 6.45) is 2.37. The van der Waals surface area contributed by atoms with Crippen molar-refractivity contribution in [1.29, 1.82) is 0 Å². The average Bonchev–Trinajstić information content (AvgIpc) is 2.70. The lowest BCUT2D eigenvalue weighted by molar-refractivity contribution is -0.132. The van der Waals surface area contributed by atoms with E-state index < -0.39 is 0 Å². The maximum absolute atomic E-state index is 13.0. The molecule has 3 rings (SSSR count). The maximum atomic E-state index is 13.0. The van der Waals surface area contributed by atoms with Crippen molar-refractivity contribution in [2.45, 2.75) is 25.9 Å². The molecule has 0 radical (unpaired) electrons. The van der Waals surface area contributed by atoms with Crippen molar-refractivity contribution in [3.8, 4) is 0 Å². The van der Waals surface area contributed by atoms with E-state index in [-0.39, 0.29) is 11.8 Å². The van der Waals surface area contributed by atoms with Gasteiger partial charge < -0.3 is 4.90 Å². The van der Waals surface area contributed by atoms with E-state index >= 15 is 0 Å². The van der Waals surface area contributed by atoms with Crippen LogP contribution in [0.15, 0.2) is 78.4 Å². The van der Waals surface area contributed by atoms with Crippen molar-refractivity contribution in [3.05, 3.63) is 84.4 Å². The number of rotatable bonds is 7. The number of hydrogen-bond donors (Lipinski definition) is 0. The Morgan fingerprint density at radius 1 is 1.04 bits per heavy atom. The molecule has 5 nitrogen and oxygen atoms in total. The molecule has 0 saturated heterocycles. The highest BCUT2D eigenvalue weighted by Gasteiger charge is 2.27. The molecule has 0 unspecified atom stereocenters. The summed E-state index contributed by atoms with van der Waals surface area (Å²) in [6, 6.07) is 19.5. The minimum absolute atomic E-state index is 0.0614. The summed E-state index contributed by atoms with van der Waals surface area (Å²) < 4.78 is 0. The quantitative estimate of drug-likeness (QED) is 0.710. The van der Waals surface area contributed by atoms with Gasteiger partial charge in [-0.1, -0.05) is 66.7 Å². The Morgan fingerprint density at radius 2 is 1.67 bits per heavy atom. The predicted molar refractivity (Wildman–Crippen MR) is 106 cm³/mol. The minimum atomic E-state index is -0.149. The fourth-order valence-electron chi connectivity index (χ4n) is 3.00. The number of amides is 2. The van der Waals surface area contributed by atoms with Crippen LogP contribution < -0.4 is 0 Å². The zero-order valence-electron chi connectivity index (χ0n) is 15.3. The monoisotopic (exact) mass is 361 g/mol. The van der Waals surface area contributed by atoms with Gasteiger partial charge in [0.2, 0.25) is 5.91 Å². The smallest absolute Gasteiger partial charge is 0.270 e. The van der Waals surface area contributed by atoms with E-state index in [2.05, 4.69) is 11.7 Å². The van der Waals surface area contributed by atoms with Crippen molar-refractivity contribution in [2.24, 2.45) is 5.10 Å². The molecule has 0 atom stereocenters. The molecule has 0 aliphatic carbocycles. The van der Waals surface area contributed by atoms with Gasteiger partial charge in [0, 0.05) is 25.9 Å². The molecule has 0 bridgehead atoms. The third kappa shape index (κ3) is 4.91. The van der Waals surface area contributed by atoms with Crippen molar-refractivity contribution in [3.63, 3.8) is 0 Å². The highest BCUT2D eigenvalue weighted by atomic mass is 16.2. The summed E-state index contributed by atoms with van der Waals surface area (Å²) >= 11 is 0. The van der Waals surface area contributed by atoms with Crippen LogP contribution in [0.25, 0.3) is 0 Å². The second-order valence-corrected chi connectivity index (χ2v) is 6.44. The molecular weight excluding hydrogens is 338 g/mol. The number of nitrogens with zero attached hydrogens (tertiary/aromatic N) is 3. The molecule has 2 aromatic rings. The Kier molecular flexibility index (Phi) is 6.15. The highest BCUT2D eigenvalue weighted by Crippen LogP contribution is 2.16. The Balaban J connectivity index is 1.77. The molecule has 1 aliphatic rings. The van der Waals surface area contributed by atoms with Gasteiger partial charge in [-0.3, -0.25) is 9.59 Å². The molecule has 0 saturated carbocycles. The Morgan fingerprint density at radius 3 is 2.30 bits per heavy atom. The molecule has 0 aromatic heterocycles. The van der Waals surface area contributed by atoms with E-state index in [1.807, 2.05) is 60.7 Å². The van der Waals surface area contributed by atoms with E-state index in [9.17, 15) is 9.59 Å². The molecule has 27 heavy (non-hydrogen) atoms. The molecule has 0 fully saturated rings. The van der Waals surface area contributed by atoms with Crippen LogP contribution in [-0.4, -0.2) is 34.0 Å². The lowest BCUT2D eigenvalue weighted by Crippen LogP contribution is -2.41. The molecule has 0 spiro atoms. The first-order valence-corrected chi connectivity index (χ1v) is 9.03.